The third-order valence-electron chi connectivity index (χ3n) is 3.70. The molecule has 2 aliphatic heterocycles. The van der Waals surface area contributed by atoms with Crippen molar-refractivity contribution in [1.29, 1.82) is 0 Å². The molecule has 0 aromatic heterocycles. The van der Waals surface area contributed by atoms with Gasteiger partial charge in [-0.3, -0.25) is 0 Å². The summed E-state index contributed by atoms with van der Waals surface area (Å²) in [4.78, 5) is 0. The number of benzene rings is 2. The molecule has 2 aromatic carbocycles. The first-order valence-corrected chi connectivity index (χ1v) is 8.43. The van der Waals surface area contributed by atoms with E-state index >= 15 is 0 Å². The predicted octanol–water partition coefficient (Wildman–Crippen LogP) is 4.12. The van der Waals surface area contributed by atoms with Crippen LogP contribution in [0.3, 0.4) is 0 Å². The summed E-state index contributed by atoms with van der Waals surface area (Å²) in [5, 5.41) is 0. The minimum absolute atomic E-state index is 0.660. The molecule has 22 heavy (non-hydrogen) atoms. The Hall–Kier alpha value is -1.08. The summed E-state index contributed by atoms with van der Waals surface area (Å²) in [6.45, 7) is 2.82. The number of nitrogens with two attached hydrogens (primary N) is 2. The lowest BCUT2D eigenvalue weighted by Crippen LogP contribution is -1.93. The summed E-state index contributed by atoms with van der Waals surface area (Å²) >= 11 is 6.84. The van der Waals surface area contributed by atoms with Crippen molar-refractivity contribution in [3.63, 3.8) is 0 Å². The number of hydrogen-bond acceptors (Lipinski definition) is 4. The van der Waals surface area contributed by atoms with Gasteiger partial charge in [0.15, 0.2) is 0 Å². The summed E-state index contributed by atoms with van der Waals surface area (Å²) in [5.74, 6) is 0. The van der Waals surface area contributed by atoms with Gasteiger partial charge in [0.25, 0.3) is 0 Å². The molecule has 2 aromatic rings. The van der Waals surface area contributed by atoms with E-state index in [4.69, 9.17) is 20.9 Å². The molecule has 0 saturated heterocycles. The normalized spacial score (nSPS) is 15.0. The van der Waals surface area contributed by atoms with Gasteiger partial charge in [0.05, 0.1) is 32.1 Å². The number of rotatable bonds is 0. The van der Waals surface area contributed by atoms with Crippen LogP contribution in [-0.2, 0) is 35.9 Å². The van der Waals surface area contributed by atoms with E-state index < -0.39 is 0 Å². The van der Waals surface area contributed by atoms with Crippen molar-refractivity contribution in [3.8, 4) is 0 Å². The standard InChI is InChI=1S/C8H7Br2NO.C8H9NO/c9-6-1-4-2-12-3-5(4)7(10)8(6)11;9-8-2-1-6-4-10-5-7(6)3-8/h1H,2-3,11H2;1-3H,4-5,9H2. The van der Waals surface area contributed by atoms with Crippen molar-refractivity contribution in [2.24, 2.45) is 0 Å². The van der Waals surface area contributed by atoms with Crippen LogP contribution < -0.4 is 11.5 Å². The second-order valence-corrected chi connectivity index (χ2v) is 6.88. The van der Waals surface area contributed by atoms with Gasteiger partial charge in [-0.1, -0.05) is 6.07 Å². The van der Waals surface area contributed by atoms with Crippen LogP contribution in [0.2, 0.25) is 0 Å². The van der Waals surface area contributed by atoms with E-state index in [2.05, 4.69) is 31.9 Å². The van der Waals surface area contributed by atoms with Crippen LogP contribution in [-0.4, -0.2) is 0 Å². The maximum absolute atomic E-state index is 5.81. The molecule has 6 heteroatoms. The quantitative estimate of drug-likeness (QED) is 0.620. The van der Waals surface area contributed by atoms with Crippen LogP contribution in [0.4, 0.5) is 11.4 Å². The van der Waals surface area contributed by atoms with Crippen LogP contribution in [0.15, 0.2) is 33.2 Å². The summed E-state index contributed by atoms with van der Waals surface area (Å²) in [5.41, 5.74) is 17.8. The molecular weight excluding hydrogens is 412 g/mol. The Bertz CT molecular complexity index is 720. The molecule has 0 amide bonds. The highest BCUT2D eigenvalue weighted by atomic mass is 79.9. The molecule has 4 nitrogen and oxygen atoms in total. The first kappa shape index (κ1) is 15.8. The molecular formula is C16H16Br2N2O2. The van der Waals surface area contributed by atoms with E-state index in [1.807, 2.05) is 24.3 Å². The van der Waals surface area contributed by atoms with Crippen molar-refractivity contribution in [3.05, 3.63) is 55.5 Å². The van der Waals surface area contributed by atoms with Gasteiger partial charge in [0.2, 0.25) is 0 Å². The molecule has 0 spiro atoms. The molecule has 2 heterocycles. The Labute approximate surface area is 146 Å². The minimum atomic E-state index is 0.660. The smallest absolute Gasteiger partial charge is 0.0736 e. The first-order valence-electron chi connectivity index (χ1n) is 6.84. The van der Waals surface area contributed by atoms with Gasteiger partial charge in [0, 0.05) is 14.6 Å². The topological polar surface area (TPSA) is 70.5 Å². The van der Waals surface area contributed by atoms with Crippen molar-refractivity contribution < 1.29 is 9.47 Å². The number of ether oxygens (including phenoxy) is 2. The molecule has 0 atom stereocenters. The lowest BCUT2D eigenvalue weighted by molar-refractivity contribution is 0.134. The van der Waals surface area contributed by atoms with Gasteiger partial charge >= 0.3 is 0 Å². The fourth-order valence-corrected chi connectivity index (χ4v) is 3.79. The highest BCUT2D eigenvalue weighted by Crippen LogP contribution is 2.37. The van der Waals surface area contributed by atoms with Crippen LogP contribution >= 0.6 is 31.9 Å². The summed E-state index contributed by atoms with van der Waals surface area (Å²) in [7, 11) is 0. The largest absolute Gasteiger partial charge is 0.399 e. The van der Waals surface area contributed by atoms with E-state index in [-0.39, 0.29) is 0 Å². The molecule has 2 aliphatic rings. The molecule has 4 rings (SSSR count). The highest BCUT2D eigenvalue weighted by Gasteiger charge is 2.17. The predicted molar refractivity (Wildman–Crippen MR) is 94.1 cm³/mol. The first-order chi connectivity index (χ1) is 10.6. The Morgan fingerprint density at radius 2 is 1.50 bits per heavy atom. The maximum Gasteiger partial charge on any atom is 0.0736 e. The van der Waals surface area contributed by atoms with Crippen LogP contribution in [0, 0.1) is 0 Å². The van der Waals surface area contributed by atoms with E-state index in [1.54, 1.807) is 0 Å². The average Bonchev–Trinajstić information content (AvgIpc) is 3.13. The van der Waals surface area contributed by atoms with Gasteiger partial charge in [-0.05, 0) is 72.3 Å². The second-order valence-electron chi connectivity index (χ2n) is 5.24. The molecule has 4 N–H and O–H groups in total. The maximum atomic E-state index is 5.81. The number of hydrogen-bond donors (Lipinski definition) is 2. The van der Waals surface area contributed by atoms with Gasteiger partial charge in [0.1, 0.15) is 0 Å². The van der Waals surface area contributed by atoms with E-state index in [0.717, 1.165) is 33.5 Å². The number of fused-ring (bicyclic) bond motifs is 2. The second kappa shape index (κ2) is 6.58. The zero-order valence-electron chi connectivity index (χ0n) is 11.9. The van der Waals surface area contributed by atoms with Crippen molar-refractivity contribution in [2.45, 2.75) is 26.4 Å². The summed E-state index contributed by atoms with van der Waals surface area (Å²) < 4.78 is 12.4. The minimum Gasteiger partial charge on any atom is -0.399 e. The SMILES string of the molecule is Nc1c(Br)cc2c(c1Br)COC2.Nc1ccc2c(c1)COC2. The van der Waals surface area contributed by atoms with E-state index in [9.17, 15) is 0 Å². The fourth-order valence-electron chi connectivity index (χ4n) is 2.47. The molecule has 116 valence electrons. The Kier molecular flexibility index (Phi) is 4.73. The fraction of sp³-hybridized carbons (Fsp3) is 0.250. The third kappa shape index (κ3) is 3.15. The third-order valence-corrected chi connectivity index (χ3v) is 5.26. The zero-order chi connectivity index (χ0) is 15.7. The lowest BCUT2D eigenvalue weighted by atomic mass is 10.1. The molecule has 0 bridgehead atoms. The molecule has 0 unspecified atom stereocenters. The average molecular weight is 428 g/mol. The van der Waals surface area contributed by atoms with Crippen molar-refractivity contribution in [2.75, 3.05) is 11.5 Å². The Morgan fingerprint density at radius 1 is 0.818 bits per heavy atom. The van der Waals surface area contributed by atoms with Crippen LogP contribution in [0.1, 0.15) is 22.3 Å². The van der Waals surface area contributed by atoms with Crippen molar-refractivity contribution >= 4 is 43.2 Å². The Balaban J connectivity index is 0.000000133. The number of nitrogen functional groups attached to an aromatic ring is 2. The van der Waals surface area contributed by atoms with E-state index in [0.29, 0.717) is 13.2 Å². The molecule has 0 fully saturated rings. The summed E-state index contributed by atoms with van der Waals surface area (Å²) in [6, 6.07) is 7.93. The molecule has 0 saturated carbocycles. The van der Waals surface area contributed by atoms with Gasteiger partial charge < -0.3 is 20.9 Å². The zero-order valence-corrected chi connectivity index (χ0v) is 15.0. The van der Waals surface area contributed by atoms with E-state index in [1.165, 1.54) is 22.3 Å². The van der Waals surface area contributed by atoms with Crippen LogP contribution in [0.25, 0.3) is 0 Å². The highest BCUT2D eigenvalue weighted by molar-refractivity contribution is 9.11. The summed E-state index contributed by atoms with van der Waals surface area (Å²) in [6.07, 6.45) is 0. The molecule has 0 radical (unpaired) electrons. The Morgan fingerprint density at radius 3 is 2.32 bits per heavy atom. The lowest BCUT2D eigenvalue weighted by Gasteiger charge is -2.06. The van der Waals surface area contributed by atoms with Gasteiger partial charge in [-0.2, -0.15) is 0 Å². The van der Waals surface area contributed by atoms with Crippen LogP contribution in [0.5, 0.6) is 0 Å². The monoisotopic (exact) mass is 426 g/mol. The number of halogens is 2. The van der Waals surface area contributed by atoms with Gasteiger partial charge in [-0.25, -0.2) is 0 Å². The molecule has 0 aliphatic carbocycles. The van der Waals surface area contributed by atoms with Gasteiger partial charge in [-0.15, -0.1) is 0 Å². The number of anilines is 2. The van der Waals surface area contributed by atoms with Crippen molar-refractivity contribution in [1.82, 2.24) is 0 Å².